The maximum absolute atomic E-state index is 12.4. The predicted octanol–water partition coefficient (Wildman–Crippen LogP) is 5.57. The van der Waals surface area contributed by atoms with Gasteiger partial charge in [-0.05, 0) is 35.0 Å². The molecule has 0 aliphatic rings. The lowest BCUT2D eigenvalue weighted by molar-refractivity contribution is 0.486. The van der Waals surface area contributed by atoms with E-state index in [9.17, 15) is 8.42 Å². The molecule has 0 saturated carbocycles. The molecule has 0 heterocycles. The molecular formula is C16H9Cl3O3S. The second-order valence-corrected chi connectivity index (χ2v) is 7.40. The number of fused-ring (bicyclic) bond motifs is 1. The molecule has 0 amide bonds. The third-order valence-electron chi connectivity index (χ3n) is 3.20. The Labute approximate surface area is 148 Å². The van der Waals surface area contributed by atoms with Crippen LogP contribution >= 0.6 is 34.8 Å². The van der Waals surface area contributed by atoms with Crippen LogP contribution < -0.4 is 4.18 Å². The Morgan fingerprint density at radius 2 is 1.48 bits per heavy atom. The van der Waals surface area contributed by atoms with E-state index >= 15 is 0 Å². The lowest BCUT2D eigenvalue weighted by Gasteiger charge is -2.10. The van der Waals surface area contributed by atoms with Gasteiger partial charge in [0.1, 0.15) is 10.6 Å². The summed E-state index contributed by atoms with van der Waals surface area (Å²) in [7, 11) is -4.13. The van der Waals surface area contributed by atoms with Gasteiger partial charge < -0.3 is 4.18 Å². The van der Waals surface area contributed by atoms with E-state index in [2.05, 4.69) is 0 Å². The van der Waals surface area contributed by atoms with Gasteiger partial charge in [0.15, 0.2) is 0 Å². The lowest BCUT2D eigenvalue weighted by atomic mass is 10.1. The molecule has 7 heteroatoms. The van der Waals surface area contributed by atoms with Crippen molar-refractivity contribution in [2.24, 2.45) is 0 Å². The Bertz CT molecular complexity index is 1000. The van der Waals surface area contributed by atoms with Gasteiger partial charge in [0.05, 0.1) is 15.1 Å². The van der Waals surface area contributed by atoms with Gasteiger partial charge in [-0.25, -0.2) is 0 Å². The number of hydrogen-bond donors (Lipinski definition) is 0. The van der Waals surface area contributed by atoms with Crippen molar-refractivity contribution >= 4 is 55.7 Å². The SMILES string of the molecule is O=S(=O)(Oc1ccc2ccccc2c1)c1ccc(Cl)c(Cl)c1Cl. The molecular weight excluding hydrogens is 379 g/mol. The fourth-order valence-corrected chi connectivity index (χ4v) is 3.97. The number of benzene rings is 3. The van der Waals surface area contributed by atoms with Crippen LogP contribution in [0, 0.1) is 0 Å². The predicted molar refractivity (Wildman–Crippen MR) is 93.2 cm³/mol. The van der Waals surface area contributed by atoms with Crippen LogP contribution in [0.5, 0.6) is 5.75 Å². The maximum Gasteiger partial charge on any atom is 0.340 e. The maximum atomic E-state index is 12.4. The zero-order valence-corrected chi connectivity index (χ0v) is 14.5. The highest BCUT2D eigenvalue weighted by Gasteiger charge is 2.23. The van der Waals surface area contributed by atoms with E-state index in [4.69, 9.17) is 39.0 Å². The quantitative estimate of drug-likeness (QED) is 0.436. The van der Waals surface area contributed by atoms with E-state index in [1.54, 1.807) is 18.2 Å². The Hall–Kier alpha value is -1.46. The molecule has 0 radical (unpaired) electrons. The minimum Gasteiger partial charge on any atom is -0.379 e. The van der Waals surface area contributed by atoms with Gasteiger partial charge in [-0.3, -0.25) is 0 Å². The van der Waals surface area contributed by atoms with Crippen LogP contribution in [0.3, 0.4) is 0 Å². The molecule has 0 aliphatic carbocycles. The van der Waals surface area contributed by atoms with Gasteiger partial charge in [-0.1, -0.05) is 65.1 Å². The van der Waals surface area contributed by atoms with E-state index in [-0.39, 0.29) is 25.7 Å². The van der Waals surface area contributed by atoms with Gasteiger partial charge in [0.2, 0.25) is 0 Å². The van der Waals surface area contributed by atoms with Gasteiger partial charge in [-0.15, -0.1) is 0 Å². The third-order valence-corrected chi connectivity index (χ3v) is 5.89. The first-order valence-electron chi connectivity index (χ1n) is 6.45. The topological polar surface area (TPSA) is 43.4 Å². The van der Waals surface area contributed by atoms with E-state index in [0.717, 1.165) is 10.8 Å². The average Bonchev–Trinajstić information content (AvgIpc) is 2.52. The summed E-state index contributed by atoms with van der Waals surface area (Å²) in [4.78, 5) is -0.235. The summed E-state index contributed by atoms with van der Waals surface area (Å²) in [6, 6.07) is 15.1. The second kappa shape index (κ2) is 6.21. The highest BCUT2D eigenvalue weighted by Crippen LogP contribution is 2.36. The Morgan fingerprint density at radius 3 is 2.22 bits per heavy atom. The first kappa shape index (κ1) is 16.4. The van der Waals surface area contributed by atoms with Gasteiger partial charge in [0.25, 0.3) is 0 Å². The molecule has 0 atom stereocenters. The molecule has 3 aromatic rings. The van der Waals surface area contributed by atoms with Crippen LogP contribution in [0.25, 0.3) is 10.8 Å². The van der Waals surface area contributed by atoms with Crippen LogP contribution in [0.2, 0.25) is 15.1 Å². The molecule has 0 aromatic heterocycles. The molecule has 0 saturated heterocycles. The number of rotatable bonds is 3. The first-order valence-corrected chi connectivity index (χ1v) is 8.99. The van der Waals surface area contributed by atoms with Crippen LogP contribution in [0.4, 0.5) is 0 Å². The zero-order chi connectivity index (χ0) is 16.6. The third kappa shape index (κ3) is 3.26. The lowest BCUT2D eigenvalue weighted by Crippen LogP contribution is -2.10. The average molecular weight is 388 g/mol. The number of hydrogen-bond acceptors (Lipinski definition) is 3. The fraction of sp³-hybridized carbons (Fsp3) is 0. The normalized spacial score (nSPS) is 11.6. The standard InChI is InChI=1S/C16H9Cl3O3S/c17-13-7-8-14(16(19)15(13)18)23(20,21)22-12-6-5-10-3-1-2-4-11(10)9-12/h1-9H. The molecule has 0 unspecified atom stereocenters. The van der Waals surface area contributed by atoms with Crippen molar-refractivity contribution in [3.8, 4) is 5.75 Å². The van der Waals surface area contributed by atoms with Crippen molar-refractivity contribution in [2.75, 3.05) is 0 Å². The van der Waals surface area contributed by atoms with Crippen molar-refractivity contribution in [1.29, 1.82) is 0 Å². The minimum atomic E-state index is -4.13. The molecule has 0 aliphatic heterocycles. The van der Waals surface area contributed by atoms with E-state index in [0.29, 0.717) is 0 Å². The molecule has 3 nitrogen and oxygen atoms in total. The van der Waals surface area contributed by atoms with Crippen LogP contribution in [-0.2, 0) is 10.1 Å². The molecule has 3 aromatic carbocycles. The molecule has 3 rings (SSSR count). The van der Waals surface area contributed by atoms with Crippen LogP contribution in [0.15, 0.2) is 59.5 Å². The Kier molecular flexibility index (Phi) is 4.43. The van der Waals surface area contributed by atoms with Gasteiger partial charge in [0, 0.05) is 0 Å². The summed E-state index contributed by atoms with van der Waals surface area (Å²) < 4.78 is 30.0. The molecule has 118 valence electrons. The highest BCUT2D eigenvalue weighted by atomic mass is 35.5. The van der Waals surface area contributed by atoms with Crippen LogP contribution in [0.1, 0.15) is 0 Å². The summed E-state index contributed by atoms with van der Waals surface area (Å²) >= 11 is 17.7. The zero-order valence-electron chi connectivity index (χ0n) is 11.5. The summed E-state index contributed by atoms with van der Waals surface area (Å²) in [5, 5.41) is 1.81. The van der Waals surface area contributed by atoms with Crippen molar-refractivity contribution in [3.05, 3.63) is 69.7 Å². The largest absolute Gasteiger partial charge is 0.379 e. The smallest absolute Gasteiger partial charge is 0.340 e. The summed E-state index contributed by atoms with van der Waals surface area (Å²) in [6.07, 6.45) is 0. The molecule has 23 heavy (non-hydrogen) atoms. The highest BCUT2D eigenvalue weighted by molar-refractivity contribution is 7.87. The van der Waals surface area contributed by atoms with Gasteiger partial charge >= 0.3 is 10.1 Å². The first-order chi connectivity index (χ1) is 10.9. The van der Waals surface area contributed by atoms with Crippen molar-refractivity contribution in [1.82, 2.24) is 0 Å². The summed E-state index contributed by atoms with van der Waals surface area (Å²) in [5.41, 5.74) is 0. The number of halogens is 3. The Balaban J connectivity index is 2.01. The molecule has 0 bridgehead atoms. The summed E-state index contributed by atoms with van der Waals surface area (Å²) in [5.74, 6) is 0.186. The second-order valence-electron chi connectivity index (χ2n) is 4.72. The van der Waals surface area contributed by atoms with E-state index < -0.39 is 10.1 Å². The summed E-state index contributed by atoms with van der Waals surface area (Å²) in [6.45, 7) is 0. The van der Waals surface area contributed by atoms with Crippen molar-refractivity contribution in [2.45, 2.75) is 4.90 Å². The van der Waals surface area contributed by atoms with Crippen LogP contribution in [-0.4, -0.2) is 8.42 Å². The molecule has 0 N–H and O–H groups in total. The Morgan fingerprint density at radius 1 is 0.783 bits per heavy atom. The molecule has 0 fully saturated rings. The van der Waals surface area contributed by atoms with Crippen molar-refractivity contribution < 1.29 is 12.6 Å². The van der Waals surface area contributed by atoms with E-state index in [1.807, 2.05) is 24.3 Å². The van der Waals surface area contributed by atoms with Crippen molar-refractivity contribution in [3.63, 3.8) is 0 Å². The minimum absolute atomic E-state index is 0.0310. The fourth-order valence-electron chi connectivity index (χ4n) is 2.09. The van der Waals surface area contributed by atoms with Gasteiger partial charge in [-0.2, -0.15) is 8.42 Å². The van der Waals surface area contributed by atoms with E-state index in [1.165, 1.54) is 12.1 Å². The molecule has 0 spiro atoms. The monoisotopic (exact) mass is 386 g/mol.